The molecular weight excluding hydrogens is 549 g/mol. The van der Waals surface area contributed by atoms with Gasteiger partial charge in [0.05, 0.1) is 16.1 Å². The first-order valence-corrected chi connectivity index (χ1v) is 11.6. The van der Waals surface area contributed by atoms with Gasteiger partial charge in [0.1, 0.15) is 6.04 Å². The summed E-state index contributed by atoms with van der Waals surface area (Å²) in [6.45, 7) is -3.31. The Kier molecular flexibility index (Phi) is 7.55. The molecule has 1 aliphatic heterocycles. The van der Waals surface area contributed by atoms with E-state index in [0.29, 0.717) is 12.1 Å². The Balaban J connectivity index is 1.95. The Hall–Kier alpha value is -2.92. The third-order valence-corrected chi connectivity index (χ3v) is 7.45. The number of para-hydroxylation sites is 1. The molecule has 7 nitrogen and oxygen atoms in total. The van der Waals surface area contributed by atoms with Crippen LogP contribution in [0.1, 0.15) is 16.7 Å². The molecule has 3 rings (SSSR count). The maximum Gasteiger partial charge on any atom is 0.416 e. The fourth-order valence-electron chi connectivity index (χ4n) is 3.84. The van der Waals surface area contributed by atoms with Gasteiger partial charge < -0.3 is 0 Å². The van der Waals surface area contributed by atoms with E-state index >= 15 is 0 Å². The topological polar surface area (TPSA) is 83.8 Å². The lowest BCUT2D eigenvalue weighted by molar-refractivity contribution is -0.387. The summed E-state index contributed by atoms with van der Waals surface area (Å²) in [6, 6.07) is 1.57. The number of benzene rings is 2. The Morgan fingerprint density at radius 2 is 1.43 bits per heavy atom. The summed E-state index contributed by atoms with van der Waals surface area (Å²) in [5.41, 5.74) is -4.85. The number of alkyl halides is 9. The average molecular weight is 565 g/mol. The standard InChI is InChI=1S/C20H16F9N3O4S/c21-18(22,23)13-7-12(8-14(9-13)19(24,25)26)10-30-5-6-31(17(11-30)20(27,28)29)37(35,36)16-4-2-1-3-15(16)32(33)34/h1-4,7-9,17H,5-6,10-11H2. The van der Waals surface area contributed by atoms with Gasteiger partial charge in [-0.3, -0.25) is 15.0 Å². The predicted octanol–water partition coefficient (Wildman–Crippen LogP) is 5.07. The fourth-order valence-corrected chi connectivity index (χ4v) is 5.60. The van der Waals surface area contributed by atoms with Crippen LogP contribution in [0.25, 0.3) is 0 Å². The lowest BCUT2D eigenvalue weighted by Gasteiger charge is -2.41. The molecule has 0 bridgehead atoms. The first-order valence-electron chi connectivity index (χ1n) is 10.1. The lowest BCUT2D eigenvalue weighted by atomic mass is 10.0. The van der Waals surface area contributed by atoms with Crippen LogP contribution < -0.4 is 0 Å². The van der Waals surface area contributed by atoms with Gasteiger partial charge in [0.15, 0.2) is 4.90 Å². The van der Waals surface area contributed by atoms with Crippen molar-refractivity contribution in [2.75, 3.05) is 19.6 Å². The molecule has 1 atom stereocenters. The van der Waals surface area contributed by atoms with E-state index in [9.17, 15) is 58.0 Å². The molecule has 1 aliphatic rings. The molecule has 0 spiro atoms. The van der Waals surface area contributed by atoms with Crippen molar-refractivity contribution in [2.45, 2.75) is 36.0 Å². The molecule has 0 radical (unpaired) electrons. The Labute approximate surface area is 203 Å². The van der Waals surface area contributed by atoms with Crippen molar-refractivity contribution in [1.82, 2.24) is 9.21 Å². The highest BCUT2D eigenvalue weighted by atomic mass is 32.2. The highest BCUT2D eigenvalue weighted by Crippen LogP contribution is 2.38. The van der Waals surface area contributed by atoms with Crippen molar-refractivity contribution in [3.8, 4) is 0 Å². The molecule has 2 aromatic rings. The number of nitro groups is 1. The fraction of sp³-hybridized carbons (Fsp3) is 0.400. The van der Waals surface area contributed by atoms with Gasteiger partial charge in [-0.1, -0.05) is 12.1 Å². The summed E-state index contributed by atoms with van der Waals surface area (Å²) in [7, 11) is -5.07. The number of piperazine rings is 1. The van der Waals surface area contributed by atoms with Crippen molar-refractivity contribution < 1.29 is 52.9 Å². The van der Waals surface area contributed by atoms with Crippen molar-refractivity contribution in [1.29, 1.82) is 0 Å². The highest BCUT2D eigenvalue weighted by molar-refractivity contribution is 7.89. The van der Waals surface area contributed by atoms with Gasteiger partial charge >= 0.3 is 18.5 Å². The normalized spacial score (nSPS) is 18.7. The SMILES string of the molecule is O=[N+]([O-])c1ccccc1S(=O)(=O)N1CCN(Cc2cc(C(F)(F)F)cc(C(F)(F)F)c2)CC1C(F)(F)F. The van der Waals surface area contributed by atoms with Gasteiger partial charge in [0.25, 0.3) is 15.7 Å². The van der Waals surface area contributed by atoms with Gasteiger partial charge in [-0.05, 0) is 29.8 Å². The van der Waals surface area contributed by atoms with Crippen LogP contribution in [0.4, 0.5) is 45.2 Å². The molecule has 0 aromatic heterocycles. The second-order valence-corrected chi connectivity index (χ2v) is 9.91. The van der Waals surface area contributed by atoms with E-state index in [2.05, 4.69) is 0 Å². The molecule has 0 aliphatic carbocycles. The predicted molar refractivity (Wildman–Crippen MR) is 109 cm³/mol. The first kappa shape index (κ1) is 28.6. The van der Waals surface area contributed by atoms with Crippen LogP contribution in [-0.4, -0.2) is 54.4 Å². The minimum absolute atomic E-state index is 0.000880. The van der Waals surface area contributed by atoms with E-state index < -0.39 is 93.0 Å². The zero-order valence-corrected chi connectivity index (χ0v) is 19.0. The van der Waals surface area contributed by atoms with Gasteiger partial charge in [0.2, 0.25) is 0 Å². The maximum absolute atomic E-state index is 13.9. The molecule has 1 unspecified atom stereocenters. The molecule has 0 amide bonds. The summed E-state index contributed by atoms with van der Waals surface area (Å²) < 4.78 is 146. The van der Waals surface area contributed by atoms with Crippen LogP contribution in [0.3, 0.4) is 0 Å². The van der Waals surface area contributed by atoms with Crippen molar-refractivity contribution in [3.63, 3.8) is 0 Å². The van der Waals surface area contributed by atoms with Gasteiger partial charge in [-0.2, -0.15) is 43.8 Å². The van der Waals surface area contributed by atoms with Crippen molar-refractivity contribution >= 4 is 15.7 Å². The minimum atomic E-state index is -5.22. The molecule has 2 aromatic carbocycles. The molecule has 0 N–H and O–H groups in total. The zero-order chi connectivity index (χ0) is 28.0. The van der Waals surface area contributed by atoms with Crippen LogP contribution >= 0.6 is 0 Å². The van der Waals surface area contributed by atoms with E-state index in [0.717, 1.165) is 29.2 Å². The van der Waals surface area contributed by atoms with E-state index in [1.807, 2.05) is 0 Å². The number of nitro benzene ring substituents is 1. The summed E-state index contributed by atoms with van der Waals surface area (Å²) in [6.07, 6.45) is -15.6. The van der Waals surface area contributed by atoms with E-state index in [4.69, 9.17) is 0 Å². The smallest absolute Gasteiger partial charge is 0.296 e. The monoisotopic (exact) mass is 565 g/mol. The molecule has 1 fully saturated rings. The van der Waals surface area contributed by atoms with Crippen molar-refractivity contribution in [3.05, 3.63) is 69.3 Å². The number of hydrogen-bond donors (Lipinski definition) is 0. The third-order valence-electron chi connectivity index (χ3n) is 5.50. The van der Waals surface area contributed by atoms with E-state index in [-0.39, 0.29) is 10.4 Å². The molecule has 0 saturated carbocycles. The van der Waals surface area contributed by atoms with Crippen molar-refractivity contribution in [2.24, 2.45) is 0 Å². The third kappa shape index (κ3) is 6.32. The summed E-state index contributed by atoms with van der Waals surface area (Å²) in [4.78, 5) is 10.00. The minimum Gasteiger partial charge on any atom is -0.296 e. The Morgan fingerprint density at radius 1 is 0.892 bits per heavy atom. The lowest BCUT2D eigenvalue weighted by Crippen LogP contribution is -2.60. The van der Waals surface area contributed by atoms with Gasteiger partial charge in [-0.15, -0.1) is 0 Å². The Bertz CT molecular complexity index is 1240. The van der Waals surface area contributed by atoms with Gasteiger partial charge in [-0.25, -0.2) is 8.42 Å². The van der Waals surface area contributed by atoms with Crippen LogP contribution in [0.2, 0.25) is 0 Å². The second-order valence-electron chi connectivity index (χ2n) is 8.05. The average Bonchev–Trinajstić information content (AvgIpc) is 2.77. The summed E-state index contributed by atoms with van der Waals surface area (Å²) in [5.74, 6) is 0. The largest absolute Gasteiger partial charge is 0.416 e. The number of hydrogen-bond acceptors (Lipinski definition) is 5. The highest BCUT2D eigenvalue weighted by Gasteiger charge is 2.51. The quantitative estimate of drug-likeness (QED) is 0.287. The summed E-state index contributed by atoms with van der Waals surface area (Å²) >= 11 is 0. The number of nitrogens with zero attached hydrogens (tertiary/aromatic N) is 3. The Morgan fingerprint density at radius 3 is 1.92 bits per heavy atom. The second kappa shape index (κ2) is 9.75. The van der Waals surface area contributed by atoms with Gasteiger partial charge in [0, 0.05) is 32.2 Å². The first-order chi connectivity index (χ1) is 16.8. The van der Waals surface area contributed by atoms with Crippen LogP contribution in [0, 0.1) is 10.1 Å². The molecule has 17 heteroatoms. The van der Waals surface area contributed by atoms with Crippen LogP contribution in [0.15, 0.2) is 47.4 Å². The maximum atomic E-state index is 13.9. The number of rotatable bonds is 5. The molecule has 1 saturated heterocycles. The molecule has 204 valence electrons. The van der Waals surface area contributed by atoms with Crippen LogP contribution in [-0.2, 0) is 28.9 Å². The molecule has 1 heterocycles. The van der Waals surface area contributed by atoms with Crippen LogP contribution in [0.5, 0.6) is 0 Å². The van der Waals surface area contributed by atoms with E-state index in [1.54, 1.807) is 0 Å². The number of sulfonamides is 1. The molecular formula is C20H16F9N3O4S. The zero-order valence-electron chi connectivity index (χ0n) is 18.2. The summed E-state index contributed by atoms with van der Waals surface area (Å²) in [5, 5.41) is 11.2. The van der Waals surface area contributed by atoms with E-state index in [1.165, 1.54) is 0 Å². The molecule has 37 heavy (non-hydrogen) atoms. The number of halogens is 9.